The van der Waals surface area contributed by atoms with Gasteiger partial charge in [-0.05, 0) is 53.4 Å². The van der Waals surface area contributed by atoms with E-state index in [-0.39, 0.29) is 5.75 Å². The SMILES string of the molecule is COc1cc(/C=N/NC(=O)c2ccc(O)cc2)cc(OC)c1OCc1ccc(C(C)C)cc1. The van der Waals surface area contributed by atoms with Gasteiger partial charge in [-0.2, -0.15) is 5.10 Å². The summed E-state index contributed by atoms with van der Waals surface area (Å²) in [5, 5.41) is 13.3. The van der Waals surface area contributed by atoms with E-state index in [0.29, 0.717) is 40.9 Å². The molecule has 7 heteroatoms. The van der Waals surface area contributed by atoms with Crippen LogP contribution in [0, 0.1) is 0 Å². The van der Waals surface area contributed by atoms with Gasteiger partial charge in [0.1, 0.15) is 12.4 Å². The Morgan fingerprint density at radius 2 is 1.61 bits per heavy atom. The quantitative estimate of drug-likeness (QED) is 0.360. The first-order valence-electron chi connectivity index (χ1n) is 10.5. The van der Waals surface area contributed by atoms with Gasteiger partial charge in [-0.1, -0.05) is 38.1 Å². The number of phenols is 1. The van der Waals surface area contributed by atoms with Gasteiger partial charge < -0.3 is 19.3 Å². The fraction of sp³-hybridized carbons (Fsp3) is 0.231. The third kappa shape index (κ3) is 6.26. The molecule has 7 nitrogen and oxygen atoms in total. The number of hydrogen-bond acceptors (Lipinski definition) is 6. The maximum atomic E-state index is 12.1. The number of carbonyl (C=O) groups excluding carboxylic acids is 1. The highest BCUT2D eigenvalue weighted by atomic mass is 16.5. The number of phenolic OH excluding ortho intramolecular Hbond substituents is 1. The molecule has 0 fully saturated rings. The van der Waals surface area contributed by atoms with Crippen LogP contribution in [0.4, 0.5) is 0 Å². The minimum atomic E-state index is -0.395. The second-order valence-corrected chi connectivity index (χ2v) is 7.69. The van der Waals surface area contributed by atoms with Crippen molar-refractivity contribution in [2.75, 3.05) is 14.2 Å². The summed E-state index contributed by atoms with van der Waals surface area (Å²) in [5.74, 6) is 1.62. The Labute approximate surface area is 193 Å². The van der Waals surface area contributed by atoms with E-state index in [1.54, 1.807) is 26.4 Å². The fourth-order valence-electron chi connectivity index (χ4n) is 3.11. The zero-order chi connectivity index (χ0) is 23.8. The molecule has 3 aromatic carbocycles. The van der Waals surface area contributed by atoms with Crippen LogP contribution >= 0.6 is 0 Å². The van der Waals surface area contributed by atoms with Crippen LogP contribution in [0.2, 0.25) is 0 Å². The Kier molecular flexibility index (Phi) is 7.91. The lowest BCUT2D eigenvalue weighted by Crippen LogP contribution is -2.17. The lowest BCUT2D eigenvalue weighted by Gasteiger charge is -2.15. The third-order valence-corrected chi connectivity index (χ3v) is 5.02. The van der Waals surface area contributed by atoms with Gasteiger partial charge in [0, 0.05) is 11.1 Å². The van der Waals surface area contributed by atoms with Crippen molar-refractivity contribution in [2.45, 2.75) is 26.4 Å². The van der Waals surface area contributed by atoms with Gasteiger partial charge >= 0.3 is 0 Å². The number of carbonyl (C=O) groups is 1. The lowest BCUT2D eigenvalue weighted by atomic mass is 10.0. The highest BCUT2D eigenvalue weighted by Crippen LogP contribution is 2.38. The topological polar surface area (TPSA) is 89.4 Å². The zero-order valence-corrected chi connectivity index (χ0v) is 19.2. The van der Waals surface area contributed by atoms with E-state index in [1.807, 2.05) is 12.1 Å². The van der Waals surface area contributed by atoms with Gasteiger partial charge in [-0.15, -0.1) is 0 Å². The average Bonchev–Trinajstić information content (AvgIpc) is 2.83. The molecule has 0 aliphatic heterocycles. The first-order chi connectivity index (χ1) is 15.9. The van der Waals surface area contributed by atoms with Gasteiger partial charge in [0.25, 0.3) is 5.91 Å². The molecule has 0 saturated heterocycles. The molecular weight excluding hydrogens is 420 g/mol. The van der Waals surface area contributed by atoms with Gasteiger partial charge in [0.15, 0.2) is 11.5 Å². The van der Waals surface area contributed by atoms with Crippen LogP contribution in [0.15, 0.2) is 65.8 Å². The Balaban J connectivity index is 1.71. The number of nitrogens with zero attached hydrogens (tertiary/aromatic N) is 1. The summed E-state index contributed by atoms with van der Waals surface area (Å²) in [6.07, 6.45) is 1.48. The van der Waals surface area contributed by atoms with E-state index < -0.39 is 5.91 Å². The molecule has 0 atom stereocenters. The molecule has 0 aliphatic rings. The normalized spacial score (nSPS) is 10.9. The minimum absolute atomic E-state index is 0.0872. The molecule has 0 bridgehead atoms. The summed E-state index contributed by atoms with van der Waals surface area (Å²) in [6, 6.07) is 17.7. The monoisotopic (exact) mass is 448 g/mol. The van der Waals surface area contributed by atoms with Crippen molar-refractivity contribution >= 4 is 12.1 Å². The van der Waals surface area contributed by atoms with Gasteiger partial charge in [-0.25, -0.2) is 5.43 Å². The minimum Gasteiger partial charge on any atom is -0.508 e. The fourth-order valence-corrected chi connectivity index (χ4v) is 3.11. The molecule has 2 N–H and O–H groups in total. The zero-order valence-electron chi connectivity index (χ0n) is 19.2. The highest BCUT2D eigenvalue weighted by Gasteiger charge is 2.14. The van der Waals surface area contributed by atoms with Gasteiger partial charge in [-0.3, -0.25) is 4.79 Å². The molecule has 3 rings (SSSR count). The molecule has 0 radical (unpaired) electrons. The smallest absolute Gasteiger partial charge is 0.271 e. The molecule has 3 aromatic rings. The molecule has 0 saturated carbocycles. The van der Waals surface area contributed by atoms with Crippen LogP contribution in [0.25, 0.3) is 0 Å². The molecule has 1 amide bonds. The number of aromatic hydroxyl groups is 1. The molecule has 0 aliphatic carbocycles. The van der Waals surface area contributed by atoms with E-state index in [0.717, 1.165) is 5.56 Å². The Morgan fingerprint density at radius 3 is 2.15 bits per heavy atom. The summed E-state index contributed by atoms with van der Waals surface area (Å²) in [4.78, 5) is 12.1. The van der Waals surface area contributed by atoms with Crippen molar-refractivity contribution in [3.05, 3.63) is 82.9 Å². The lowest BCUT2D eigenvalue weighted by molar-refractivity contribution is 0.0955. The van der Waals surface area contributed by atoms with Gasteiger partial charge in [0.05, 0.1) is 20.4 Å². The molecular formula is C26H28N2O5. The van der Waals surface area contributed by atoms with Crippen LogP contribution in [-0.4, -0.2) is 31.4 Å². The number of amides is 1. The van der Waals surface area contributed by atoms with E-state index in [4.69, 9.17) is 14.2 Å². The highest BCUT2D eigenvalue weighted by molar-refractivity contribution is 5.95. The number of rotatable bonds is 9. The van der Waals surface area contributed by atoms with Crippen molar-refractivity contribution in [1.29, 1.82) is 0 Å². The Hall–Kier alpha value is -4.00. The van der Waals surface area contributed by atoms with Crippen molar-refractivity contribution in [3.63, 3.8) is 0 Å². The molecule has 0 aromatic heterocycles. The van der Waals surface area contributed by atoms with Crippen LogP contribution in [0.3, 0.4) is 0 Å². The van der Waals surface area contributed by atoms with Crippen molar-refractivity contribution in [3.8, 4) is 23.0 Å². The Morgan fingerprint density at radius 1 is 1.00 bits per heavy atom. The molecule has 172 valence electrons. The summed E-state index contributed by atoms with van der Waals surface area (Å²) in [5.41, 5.74) is 5.79. The standard InChI is InChI=1S/C26H28N2O5/c1-17(2)20-7-5-18(6-8-20)16-33-25-23(31-3)13-19(14-24(25)32-4)15-27-28-26(30)21-9-11-22(29)12-10-21/h5-15,17,29H,16H2,1-4H3,(H,28,30)/b27-15+. The predicted molar refractivity (Wildman–Crippen MR) is 128 cm³/mol. The van der Waals surface area contributed by atoms with Crippen molar-refractivity contribution < 1.29 is 24.1 Å². The molecule has 0 heterocycles. The summed E-state index contributed by atoms with van der Waals surface area (Å²) in [6.45, 7) is 4.68. The largest absolute Gasteiger partial charge is 0.508 e. The summed E-state index contributed by atoms with van der Waals surface area (Å²) < 4.78 is 17.0. The van der Waals surface area contributed by atoms with E-state index in [9.17, 15) is 9.90 Å². The predicted octanol–water partition coefficient (Wildman–Crippen LogP) is 4.88. The van der Waals surface area contributed by atoms with E-state index in [1.165, 1.54) is 36.0 Å². The van der Waals surface area contributed by atoms with E-state index >= 15 is 0 Å². The second kappa shape index (κ2) is 11.0. The summed E-state index contributed by atoms with van der Waals surface area (Å²) in [7, 11) is 3.10. The number of hydrazone groups is 1. The van der Waals surface area contributed by atoms with Gasteiger partial charge in [0.2, 0.25) is 5.75 Å². The van der Waals surface area contributed by atoms with Crippen LogP contribution in [0.1, 0.15) is 46.8 Å². The third-order valence-electron chi connectivity index (χ3n) is 5.02. The molecule has 33 heavy (non-hydrogen) atoms. The number of hydrogen-bond donors (Lipinski definition) is 2. The van der Waals surface area contributed by atoms with Crippen LogP contribution < -0.4 is 19.6 Å². The summed E-state index contributed by atoms with van der Waals surface area (Å²) >= 11 is 0. The number of nitrogens with one attached hydrogen (secondary N) is 1. The number of benzene rings is 3. The van der Waals surface area contributed by atoms with Crippen molar-refractivity contribution in [1.82, 2.24) is 5.43 Å². The second-order valence-electron chi connectivity index (χ2n) is 7.69. The molecule has 0 unspecified atom stereocenters. The number of ether oxygens (including phenoxy) is 3. The first-order valence-corrected chi connectivity index (χ1v) is 10.5. The molecule has 0 spiro atoms. The average molecular weight is 449 g/mol. The first kappa shape index (κ1) is 23.7. The van der Waals surface area contributed by atoms with Crippen LogP contribution in [-0.2, 0) is 6.61 Å². The van der Waals surface area contributed by atoms with E-state index in [2.05, 4.69) is 36.5 Å². The Bertz CT molecular complexity index is 1080. The van der Waals surface area contributed by atoms with Crippen LogP contribution in [0.5, 0.6) is 23.0 Å². The van der Waals surface area contributed by atoms with Crippen molar-refractivity contribution in [2.24, 2.45) is 5.10 Å². The number of methoxy groups -OCH3 is 2. The maximum Gasteiger partial charge on any atom is 0.271 e. The maximum absolute atomic E-state index is 12.1.